The molecule has 0 aliphatic rings. The van der Waals surface area contributed by atoms with Gasteiger partial charge in [-0.1, -0.05) is 17.7 Å². The van der Waals surface area contributed by atoms with E-state index in [4.69, 9.17) is 9.47 Å². The highest BCUT2D eigenvalue weighted by atomic mass is 16.5. The number of nitrogens with zero attached hydrogens (tertiary/aromatic N) is 1. The van der Waals surface area contributed by atoms with Gasteiger partial charge in [0.05, 0.1) is 20.8 Å². The Morgan fingerprint density at radius 2 is 1.82 bits per heavy atom. The Morgan fingerprint density at radius 3 is 2.50 bits per heavy atom. The molecule has 28 heavy (non-hydrogen) atoms. The van der Waals surface area contributed by atoms with Gasteiger partial charge in [0.2, 0.25) is 0 Å². The summed E-state index contributed by atoms with van der Waals surface area (Å²) in [5.74, 6) is 1.82. The van der Waals surface area contributed by atoms with Gasteiger partial charge in [-0.15, -0.1) is 0 Å². The van der Waals surface area contributed by atoms with Gasteiger partial charge in [0.15, 0.2) is 17.5 Å². The lowest BCUT2D eigenvalue weighted by molar-refractivity contribution is 0.0954. The maximum Gasteiger partial charge on any atom is 0.251 e. The second-order valence-electron chi connectivity index (χ2n) is 6.08. The number of hydrogen-bond donors (Lipinski definition) is 3. The zero-order valence-electron chi connectivity index (χ0n) is 16.8. The van der Waals surface area contributed by atoms with Gasteiger partial charge >= 0.3 is 0 Å². The van der Waals surface area contributed by atoms with Crippen LogP contribution in [0, 0.1) is 6.92 Å². The number of aliphatic imine (C=N–C) groups is 1. The molecular formula is C21H28N4O3. The summed E-state index contributed by atoms with van der Waals surface area (Å²) in [5.41, 5.74) is 2.53. The van der Waals surface area contributed by atoms with Crippen LogP contribution < -0.4 is 25.4 Å². The first-order chi connectivity index (χ1) is 13.6. The van der Waals surface area contributed by atoms with E-state index < -0.39 is 0 Å². The molecule has 7 nitrogen and oxygen atoms in total. The molecule has 2 aromatic rings. The topological polar surface area (TPSA) is 84.0 Å². The van der Waals surface area contributed by atoms with Crippen molar-refractivity contribution >= 4 is 17.6 Å². The standard InChI is InChI=1S/C21H28N4O3/c1-5-22-21(25-17-9-10-18(27-3)19(14-17)28-4)24-12-11-23-20(26)16-8-6-7-15(2)13-16/h6-10,13-14H,5,11-12H2,1-4H3,(H,23,26)(H2,22,24,25). The highest BCUT2D eigenvalue weighted by molar-refractivity contribution is 5.95. The molecule has 0 spiro atoms. The van der Waals surface area contributed by atoms with Gasteiger partial charge < -0.3 is 25.4 Å². The fraction of sp³-hybridized carbons (Fsp3) is 0.333. The Morgan fingerprint density at radius 1 is 1.04 bits per heavy atom. The van der Waals surface area contributed by atoms with Gasteiger partial charge in [0.25, 0.3) is 5.91 Å². The number of carbonyl (C=O) groups excluding carboxylic acids is 1. The van der Waals surface area contributed by atoms with E-state index in [0.29, 0.717) is 36.1 Å². The van der Waals surface area contributed by atoms with Gasteiger partial charge in [0.1, 0.15) is 0 Å². The Labute approximate surface area is 166 Å². The third-order valence-corrected chi connectivity index (χ3v) is 3.94. The number of carbonyl (C=O) groups is 1. The minimum atomic E-state index is -0.100. The van der Waals surface area contributed by atoms with Crippen molar-refractivity contribution in [2.45, 2.75) is 13.8 Å². The van der Waals surface area contributed by atoms with Crippen LogP contribution in [-0.4, -0.2) is 45.7 Å². The molecule has 2 rings (SSSR count). The molecule has 2 aromatic carbocycles. The van der Waals surface area contributed by atoms with Crippen molar-refractivity contribution in [2.24, 2.45) is 4.99 Å². The summed E-state index contributed by atoms with van der Waals surface area (Å²) in [4.78, 5) is 16.7. The number of amides is 1. The normalized spacial score (nSPS) is 10.9. The van der Waals surface area contributed by atoms with Crippen LogP contribution in [0.5, 0.6) is 11.5 Å². The highest BCUT2D eigenvalue weighted by Crippen LogP contribution is 2.29. The summed E-state index contributed by atoms with van der Waals surface area (Å²) in [7, 11) is 3.19. The molecule has 0 heterocycles. The van der Waals surface area contributed by atoms with E-state index in [0.717, 1.165) is 17.8 Å². The number of nitrogens with one attached hydrogen (secondary N) is 3. The predicted octanol–water partition coefficient (Wildman–Crippen LogP) is 2.82. The number of guanidine groups is 1. The third kappa shape index (κ3) is 6.19. The maximum absolute atomic E-state index is 12.2. The van der Waals surface area contributed by atoms with Gasteiger partial charge in [-0.25, -0.2) is 0 Å². The van der Waals surface area contributed by atoms with Crippen molar-refractivity contribution in [3.05, 3.63) is 53.6 Å². The number of hydrogen-bond acceptors (Lipinski definition) is 4. The smallest absolute Gasteiger partial charge is 0.251 e. The molecule has 0 saturated carbocycles. The SMILES string of the molecule is CCNC(=NCCNC(=O)c1cccc(C)c1)Nc1ccc(OC)c(OC)c1. The molecule has 0 saturated heterocycles. The first-order valence-electron chi connectivity index (χ1n) is 9.19. The van der Waals surface area contributed by atoms with Crippen molar-refractivity contribution in [1.82, 2.24) is 10.6 Å². The quantitative estimate of drug-likeness (QED) is 0.370. The molecule has 0 atom stereocenters. The van der Waals surface area contributed by atoms with Gasteiger partial charge in [-0.3, -0.25) is 9.79 Å². The molecular weight excluding hydrogens is 356 g/mol. The number of methoxy groups -OCH3 is 2. The van der Waals surface area contributed by atoms with Crippen molar-refractivity contribution in [1.29, 1.82) is 0 Å². The first kappa shape index (κ1) is 21.1. The Balaban J connectivity index is 1.94. The lowest BCUT2D eigenvalue weighted by Crippen LogP contribution is -2.32. The Bertz CT molecular complexity index is 821. The molecule has 0 radical (unpaired) electrons. The number of aryl methyl sites for hydroxylation is 1. The molecule has 0 fully saturated rings. The van der Waals surface area contributed by atoms with Gasteiger partial charge in [-0.05, 0) is 38.1 Å². The summed E-state index contributed by atoms with van der Waals surface area (Å²) in [6.45, 7) is 5.55. The summed E-state index contributed by atoms with van der Waals surface area (Å²) in [6.07, 6.45) is 0. The van der Waals surface area contributed by atoms with Crippen molar-refractivity contribution in [3.63, 3.8) is 0 Å². The Hall–Kier alpha value is -3.22. The first-order valence-corrected chi connectivity index (χ1v) is 9.19. The molecule has 150 valence electrons. The van der Waals surface area contributed by atoms with Gasteiger partial charge in [-0.2, -0.15) is 0 Å². The molecule has 0 bridgehead atoms. The lowest BCUT2D eigenvalue weighted by Gasteiger charge is -2.14. The Kier molecular flexibility index (Phi) is 8.14. The minimum absolute atomic E-state index is 0.100. The molecule has 1 amide bonds. The summed E-state index contributed by atoms with van der Waals surface area (Å²) in [6, 6.07) is 13.0. The van der Waals surface area contributed by atoms with Crippen LogP contribution in [-0.2, 0) is 0 Å². The van der Waals surface area contributed by atoms with E-state index in [1.165, 1.54) is 0 Å². The highest BCUT2D eigenvalue weighted by Gasteiger charge is 2.07. The van der Waals surface area contributed by atoms with E-state index in [1.54, 1.807) is 20.3 Å². The molecule has 0 aromatic heterocycles. The average molecular weight is 384 g/mol. The number of anilines is 1. The molecule has 7 heteroatoms. The average Bonchev–Trinajstić information content (AvgIpc) is 2.71. The van der Waals surface area contributed by atoms with Crippen LogP contribution in [0.25, 0.3) is 0 Å². The summed E-state index contributed by atoms with van der Waals surface area (Å²) < 4.78 is 10.6. The van der Waals surface area contributed by atoms with Crippen molar-refractivity contribution in [2.75, 3.05) is 39.2 Å². The maximum atomic E-state index is 12.2. The summed E-state index contributed by atoms with van der Waals surface area (Å²) in [5, 5.41) is 9.29. The van der Waals surface area contributed by atoms with E-state index in [9.17, 15) is 4.79 Å². The summed E-state index contributed by atoms with van der Waals surface area (Å²) >= 11 is 0. The van der Waals surface area contributed by atoms with Crippen molar-refractivity contribution < 1.29 is 14.3 Å². The van der Waals surface area contributed by atoms with E-state index in [-0.39, 0.29) is 5.91 Å². The fourth-order valence-corrected chi connectivity index (χ4v) is 2.58. The van der Waals surface area contributed by atoms with E-state index >= 15 is 0 Å². The van der Waals surface area contributed by atoms with Crippen LogP contribution in [0.4, 0.5) is 5.69 Å². The fourth-order valence-electron chi connectivity index (χ4n) is 2.58. The van der Waals surface area contributed by atoms with Gasteiger partial charge in [0, 0.05) is 30.4 Å². The van der Waals surface area contributed by atoms with E-state index in [2.05, 4.69) is 20.9 Å². The number of rotatable bonds is 8. The van der Waals surface area contributed by atoms with Crippen LogP contribution in [0.2, 0.25) is 0 Å². The third-order valence-electron chi connectivity index (χ3n) is 3.94. The predicted molar refractivity (Wildman–Crippen MR) is 113 cm³/mol. The lowest BCUT2D eigenvalue weighted by atomic mass is 10.1. The molecule has 0 unspecified atom stereocenters. The second kappa shape index (κ2) is 10.8. The number of benzene rings is 2. The second-order valence-corrected chi connectivity index (χ2v) is 6.08. The molecule has 0 aliphatic carbocycles. The van der Waals surface area contributed by atoms with E-state index in [1.807, 2.05) is 50.2 Å². The molecule has 0 aliphatic heterocycles. The molecule has 3 N–H and O–H groups in total. The van der Waals surface area contributed by atoms with Crippen LogP contribution in [0.1, 0.15) is 22.8 Å². The van der Waals surface area contributed by atoms with Crippen LogP contribution >= 0.6 is 0 Å². The monoisotopic (exact) mass is 384 g/mol. The largest absolute Gasteiger partial charge is 0.493 e. The zero-order chi connectivity index (χ0) is 20.4. The number of ether oxygens (including phenoxy) is 2. The minimum Gasteiger partial charge on any atom is -0.493 e. The van der Waals surface area contributed by atoms with Crippen LogP contribution in [0.15, 0.2) is 47.5 Å². The van der Waals surface area contributed by atoms with Crippen LogP contribution in [0.3, 0.4) is 0 Å². The van der Waals surface area contributed by atoms with Crippen molar-refractivity contribution in [3.8, 4) is 11.5 Å². The zero-order valence-corrected chi connectivity index (χ0v) is 16.8.